The second-order valence-corrected chi connectivity index (χ2v) is 3.37. The maximum absolute atomic E-state index is 11.4. The molecule has 18 heavy (non-hydrogen) atoms. The summed E-state index contributed by atoms with van der Waals surface area (Å²) < 4.78 is 8.67. The fraction of sp³-hybridized carbons (Fsp3) is 0. The summed E-state index contributed by atoms with van der Waals surface area (Å²) in [5.41, 5.74) is 3.44. The highest BCUT2D eigenvalue weighted by atomic mass is 16.7. The highest BCUT2D eigenvalue weighted by molar-refractivity contribution is 6.08. The molecular formula is C6H4N6O6+2. The molecule has 92 valence electrons. The third-order valence-electron chi connectivity index (χ3n) is 2.47. The second-order valence-electron chi connectivity index (χ2n) is 3.37. The predicted molar refractivity (Wildman–Crippen MR) is 52.5 cm³/mol. The highest BCUT2D eigenvalue weighted by Gasteiger charge is 2.37. The van der Waals surface area contributed by atoms with Gasteiger partial charge < -0.3 is 5.73 Å². The van der Waals surface area contributed by atoms with Crippen LogP contribution in [0.3, 0.4) is 0 Å². The SMILES string of the molecule is Nc1c([N+](=O)[O-])c2[nH]o[n+](=O)c2c2[nH]o[n+](=O)c12. The second kappa shape index (κ2) is 2.93. The highest BCUT2D eigenvalue weighted by Crippen LogP contribution is 2.34. The molecule has 0 aliphatic rings. The van der Waals surface area contributed by atoms with Crippen LogP contribution in [0.2, 0.25) is 0 Å². The molecule has 3 aromatic rings. The van der Waals surface area contributed by atoms with Crippen LogP contribution in [0.4, 0.5) is 11.4 Å². The van der Waals surface area contributed by atoms with Gasteiger partial charge in [0.05, 0.1) is 4.92 Å². The van der Waals surface area contributed by atoms with Crippen molar-refractivity contribution < 1.29 is 23.4 Å². The Morgan fingerprint density at radius 1 is 1.11 bits per heavy atom. The van der Waals surface area contributed by atoms with E-state index in [-0.39, 0.29) is 31.3 Å². The van der Waals surface area contributed by atoms with E-state index in [0.29, 0.717) is 0 Å². The molecule has 12 nitrogen and oxygen atoms in total. The van der Waals surface area contributed by atoms with E-state index in [4.69, 9.17) is 5.73 Å². The van der Waals surface area contributed by atoms with Crippen LogP contribution in [-0.4, -0.2) is 15.2 Å². The maximum atomic E-state index is 11.4. The predicted octanol–water partition coefficient (Wildman–Crippen LogP) is -0.845. The summed E-state index contributed by atoms with van der Waals surface area (Å²) in [6.45, 7) is 0. The quantitative estimate of drug-likeness (QED) is 0.289. The van der Waals surface area contributed by atoms with E-state index < -0.39 is 16.3 Å². The number of nitro benzene ring substituents is 1. The first-order chi connectivity index (χ1) is 8.52. The minimum absolute atomic E-state index is 0.0316. The van der Waals surface area contributed by atoms with Gasteiger partial charge in [0.15, 0.2) is 14.9 Å². The fourth-order valence-corrected chi connectivity index (χ4v) is 1.75. The maximum Gasteiger partial charge on any atom is 0.351 e. The van der Waals surface area contributed by atoms with E-state index in [0.717, 1.165) is 0 Å². The Balaban J connectivity index is 2.79. The van der Waals surface area contributed by atoms with Gasteiger partial charge in [-0.25, -0.2) is 0 Å². The van der Waals surface area contributed by atoms with Crippen LogP contribution in [0, 0.1) is 19.9 Å². The van der Waals surface area contributed by atoms with Gasteiger partial charge in [-0.05, 0) is 9.81 Å². The van der Waals surface area contributed by atoms with Crippen LogP contribution in [0.25, 0.3) is 22.1 Å². The summed E-state index contributed by atoms with van der Waals surface area (Å²) in [5.74, 6) is 0. The van der Waals surface area contributed by atoms with Crippen LogP contribution >= 0.6 is 0 Å². The number of aromatic nitrogens is 4. The molecule has 0 amide bonds. The number of benzene rings is 1. The number of hydrogen-bond donors (Lipinski definition) is 3. The molecular weight excluding hydrogens is 252 g/mol. The lowest BCUT2D eigenvalue weighted by Crippen LogP contribution is -2.14. The molecule has 0 aliphatic heterocycles. The number of anilines is 1. The summed E-state index contributed by atoms with van der Waals surface area (Å²) in [4.78, 5) is 32.8. The summed E-state index contributed by atoms with van der Waals surface area (Å²) in [7, 11) is 0. The minimum atomic E-state index is -0.837. The average Bonchev–Trinajstić information content (AvgIpc) is 2.83. The third-order valence-corrected chi connectivity index (χ3v) is 2.47. The molecule has 1 aromatic carbocycles. The van der Waals surface area contributed by atoms with Gasteiger partial charge in [0.2, 0.25) is 0 Å². The van der Waals surface area contributed by atoms with Crippen LogP contribution in [0.5, 0.6) is 0 Å². The molecule has 3 rings (SSSR count). The number of rotatable bonds is 1. The van der Waals surface area contributed by atoms with Crippen molar-refractivity contribution in [2.75, 3.05) is 5.73 Å². The van der Waals surface area contributed by atoms with E-state index in [1.807, 2.05) is 0 Å². The van der Waals surface area contributed by atoms with E-state index in [1.165, 1.54) is 0 Å². The van der Waals surface area contributed by atoms with Gasteiger partial charge in [-0.1, -0.05) is 19.6 Å². The molecule has 2 aromatic heterocycles. The Labute approximate surface area is 93.8 Å². The van der Waals surface area contributed by atoms with Crippen molar-refractivity contribution in [2.24, 2.45) is 0 Å². The number of nitro groups is 1. The number of nitrogens with one attached hydrogen (secondary N) is 2. The number of aromatic amines is 2. The van der Waals surface area contributed by atoms with Gasteiger partial charge >= 0.3 is 22.2 Å². The molecule has 0 fully saturated rings. The van der Waals surface area contributed by atoms with E-state index in [1.54, 1.807) is 0 Å². The van der Waals surface area contributed by atoms with Crippen LogP contribution in [0.15, 0.2) is 9.26 Å². The summed E-state index contributed by atoms with van der Waals surface area (Å²) in [6.07, 6.45) is 0. The molecule has 0 bridgehead atoms. The number of hydrogen-bond acceptors (Lipinski definition) is 7. The topological polar surface area (TPSA) is 173 Å². The van der Waals surface area contributed by atoms with Crippen LogP contribution in [-0.2, 0) is 0 Å². The lowest BCUT2D eigenvalue weighted by atomic mass is 10.2. The molecule has 0 atom stereocenters. The molecule has 0 spiro atoms. The largest absolute Gasteiger partial charge is 0.389 e. The van der Waals surface area contributed by atoms with Gasteiger partial charge in [-0.2, -0.15) is 0 Å². The lowest BCUT2D eigenvalue weighted by molar-refractivity contribution is -0.692. The number of H-pyrrole nitrogens is 2. The average molecular weight is 256 g/mol. The van der Waals surface area contributed by atoms with Crippen molar-refractivity contribution in [1.29, 1.82) is 0 Å². The molecule has 2 heterocycles. The molecule has 12 heteroatoms. The molecule has 0 aliphatic carbocycles. The monoisotopic (exact) mass is 256 g/mol. The molecule has 0 saturated carbocycles. The zero-order chi connectivity index (χ0) is 13.0. The van der Waals surface area contributed by atoms with Crippen molar-refractivity contribution in [2.45, 2.75) is 0 Å². The number of nitrogens with zero attached hydrogens (tertiary/aromatic N) is 3. The van der Waals surface area contributed by atoms with Gasteiger partial charge in [-0.3, -0.25) is 10.1 Å². The normalized spacial score (nSPS) is 11.3. The first-order valence-corrected chi connectivity index (χ1v) is 4.46. The van der Waals surface area contributed by atoms with Crippen molar-refractivity contribution in [3.8, 4) is 0 Å². The Bertz CT molecular complexity index is 910. The molecule has 0 unspecified atom stereocenters. The molecule has 4 N–H and O–H groups in total. The Morgan fingerprint density at radius 2 is 1.67 bits per heavy atom. The first kappa shape index (κ1) is 10.0. The van der Waals surface area contributed by atoms with Crippen molar-refractivity contribution in [3.05, 3.63) is 19.9 Å². The van der Waals surface area contributed by atoms with Gasteiger partial charge in [-0.15, -0.1) is 0 Å². The van der Waals surface area contributed by atoms with E-state index in [9.17, 15) is 19.9 Å². The molecule has 0 radical (unpaired) electrons. The van der Waals surface area contributed by atoms with Gasteiger partial charge in [0, 0.05) is 0 Å². The zero-order valence-electron chi connectivity index (χ0n) is 8.37. The smallest absolute Gasteiger partial charge is 0.351 e. The summed E-state index contributed by atoms with van der Waals surface area (Å²) in [5, 5.41) is 15.1. The number of nitrogen functional groups attached to an aromatic ring is 1. The minimum Gasteiger partial charge on any atom is -0.389 e. The molecule has 0 saturated heterocycles. The standard InChI is InChI=1S/C6H4N6O6/c7-1-4(10(13)14)2-6(12(16)18-8-2)3-5(1)11(15)17-9-3/h8-9H,7H2/q+2. The number of nitrogens with two attached hydrogens (primary N) is 1. The zero-order valence-corrected chi connectivity index (χ0v) is 8.37. The Morgan fingerprint density at radius 3 is 2.28 bits per heavy atom. The van der Waals surface area contributed by atoms with Crippen LogP contribution in [0.1, 0.15) is 0 Å². The number of fused-ring (bicyclic) bond motifs is 3. The first-order valence-electron chi connectivity index (χ1n) is 4.46. The third kappa shape index (κ3) is 0.977. The fourth-order valence-electron chi connectivity index (χ4n) is 1.75. The Kier molecular flexibility index (Phi) is 1.63. The van der Waals surface area contributed by atoms with Crippen molar-refractivity contribution >= 4 is 33.4 Å². The van der Waals surface area contributed by atoms with Crippen LogP contribution < -0.4 is 14.9 Å². The van der Waals surface area contributed by atoms with E-state index >= 15 is 0 Å². The summed E-state index contributed by atoms with van der Waals surface area (Å²) >= 11 is 0. The van der Waals surface area contributed by atoms with Gasteiger partial charge in [0.25, 0.3) is 5.52 Å². The lowest BCUT2D eigenvalue weighted by Gasteiger charge is -1.91. The van der Waals surface area contributed by atoms with Gasteiger partial charge in [0.1, 0.15) is 0 Å². The summed E-state index contributed by atoms with van der Waals surface area (Å²) in [6, 6.07) is 0. The van der Waals surface area contributed by atoms with Crippen molar-refractivity contribution in [1.82, 2.24) is 10.3 Å². The van der Waals surface area contributed by atoms with E-state index in [2.05, 4.69) is 19.6 Å². The Hall–Kier alpha value is -3.18. The van der Waals surface area contributed by atoms with Crippen molar-refractivity contribution in [3.63, 3.8) is 0 Å².